The highest BCUT2D eigenvalue weighted by Crippen LogP contribution is 2.24. The van der Waals surface area contributed by atoms with Crippen LogP contribution >= 0.6 is 11.8 Å². The Labute approximate surface area is 121 Å². The number of nitrogens with zero attached hydrogens (tertiary/aromatic N) is 1. The van der Waals surface area contributed by atoms with Gasteiger partial charge in [-0.25, -0.2) is 0 Å². The third-order valence-corrected chi connectivity index (χ3v) is 5.18. The molecule has 2 heterocycles. The molecule has 0 aromatic rings. The zero-order valence-electron chi connectivity index (χ0n) is 11.8. The summed E-state index contributed by atoms with van der Waals surface area (Å²) in [5.74, 6) is 2.47. The van der Waals surface area contributed by atoms with Crippen LogP contribution in [0.2, 0.25) is 0 Å². The summed E-state index contributed by atoms with van der Waals surface area (Å²) in [5, 5.41) is 10.1. The quantitative estimate of drug-likeness (QED) is 0.694. The van der Waals surface area contributed by atoms with Crippen LogP contribution < -0.4 is 0 Å². The second kappa shape index (κ2) is 8.30. The Hall–Kier alpha value is -0.0300. The molecule has 3 nitrogen and oxygen atoms in total. The van der Waals surface area contributed by atoms with Gasteiger partial charge in [0, 0.05) is 31.5 Å². The topological polar surface area (TPSA) is 32.7 Å². The minimum atomic E-state index is -0.231. The molecule has 0 aromatic heterocycles. The van der Waals surface area contributed by atoms with Crippen LogP contribution in [0, 0.1) is 0 Å². The summed E-state index contributed by atoms with van der Waals surface area (Å²) in [4.78, 5) is 2.48. The van der Waals surface area contributed by atoms with E-state index in [2.05, 4.69) is 11.5 Å². The molecule has 0 saturated carbocycles. The Morgan fingerprint density at radius 1 is 1.47 bits per heavy atom. The number of thioether (sulfide) groups is 1. The third-order valence-electron chi connectivity index (χ3n) is 4.03. The summed E-state index contributed by atoms with van der Waals surface area (Å²) in [5.41, 5.74) is 0. The minimum absolute atomic E-state index is 0.231. The first kappa shape index (κ1) is 15.4. The lowest BCUT2D eigenvalue weighted by Gasteiger charge is -2.32. The first-order valence-electron chi connectivity index (χ1n) is 7.52. The monoisotopic (exact) mass is 285 g/mol. The van der Waals surface area contributed by atoms with Crippen LogP contribution in [-0.4, -0.2) is 59.5 Å². The Kier molecular flexibility index (Phi) is 6.71. The van der Waals surface area contributed by atoms with Crippen molar-refractivity contribution in [2.45, 2.75) is 50.4 Å². The Morgan fingerprint density at radius 2 is 2.37 bits per heavy atom. The minimum Gasteiger partial charge on any atom is -0.392 e. The van der Waals surface area contributed by atoms with Gasteiger partial charge in [-0.05, 0) is 37.9 Å². The van der Waals surface area contributed by atoms with E-state index in [0.29, 0.717) is 12.1 Å². The Balaban J connectivity index is 1.83. The summed E-state index contributed by atoms with van der Waals surface area (Å²) in [7, 11) is 0. The second-order valence-electron chi connectivity index (χ2n) is 5.63. The number of aliphatic hydroxyl groups excluding tert-OH is 1. The standard InChI is InChI=1S/C15H27NO2S/c1-2-3-5-14(17)10-16(13-7-9-19-12-13)11-15-6-4-8-18-15/h2,13-15,17H,1,3-12H2. The molecule has 0 spiro atoms. The van der Waals surface area contributed by atoms with E-state index in [9.17, 15) is 5.11 Å². The van der Waals surface area contributed by atoms with Gasteiger partial charge in [-0.15, -0.1) is 6.58 Å². The molecule has 0 amide bonds. The molecule has 3 atom stereocenters. The lowest BCUT2D eigenvalue weighted by Crippen LogP contribution is -2.44. The molecule has 0 aromatic carbocycles. The van der Waals surface area contributed by atoms with E-state index in [1.165, 1.54) is 30.8 Å². The van der Waals surface area contributed by atoms with Gasteiger partial charge in [-0.2, -0.15) is 11.8 Å². The fraction of sp³-hybridized carbons (Fsp3) is 0.867. The van der Waals surface area contributed by atoms with Crippen molar-refractivity contribution in [1.29, 1.82) is 0 Å². The van der Waals surface area contributed by atoms with Crippen LogP contribution in [-0.2, 0) is 4.74 Å². The van der Waals surface area contributed by atoms with Crippen molar-refractivity contribution in [3.05, 3.63) is 12.7 Å². The third kappa shape index (κ3) is 5.10. The molecule has 110 valence electrons. The van der Waals surface area contributed by atoms with Gasteiger partial charge in [0.25, 0.3) is 0 Å². The lowest BCUT2D eigenvalue weighted by atomic mass is 10.1. The van der Waals surface area contributed by atoms with Crippen molar-refractivity contribution in [3.63, 3.8) is 0 Å². The van der Waals surface area contributed by atoms with E-state index >= 15 is 0 Å². The first-order chi connectivity index (χ1) is 9.29. The second-order valence-corrected chi connectivity index (χ2v) is 6.78. The molecule has 19 heavy (non-hydrogen) atoms. The van der Waals surface area contributed by atoms with Crippen LogP contribution in [0.1, 0.15) is 32.1 Å². The molecule has 2 saturated heterocycles. The molecule has 2 aliphatic heterocycles. The van der Waals surface area contributed by atoms with Crippen molar-refractivity contribution in [2.24, 2.45) is 0 Å². The summed E-state index contributed by atoms with van der Waals surface area (Å²) >= 11 is 2.03. The fourth-order valence-electron chi connectivity index (χ4n) is 2.90. The van der Waals surface area contributed by atoms with Crippen molar-refractivity contribution in [3.8, 4) is 0 Å². The van der Waals surface area contributed by atoms with Crippen molar-refractivity contribution < 1.29 is 9.84 Å². The average Bonchev–Trinajstić information content (AvgIpc) is 3.08. The van der Waals surface area contributed by atoms with E-state index in [1.807, 2.05) is 17.8 Å². The summed E-state index contributed by atoms with van der Waals surface area (Å²) < 4.78 is 5.76. The molecule has 2 rings (SSSR count). The lowest BCUT2D eigenvalue weighted by molar-refractivity contribution is 0.0330. The molecule has 4 heteroatoms. The van der Waals surface area contributed by atoms with Gasteiger partial charge in [0.1, 0.15) is 0 Å². The summed E-state index contributed by atoms with van der Waals surface area (Å²) in [6, 6.07) is 0.632. The van der Waals surface area contributed by atoms with E-state index < -0.39 is 0 Å². The molecule has 0 radical (unpaired) electrons. The molecule has 1 N–H and O–H groups in total. The number of hydrogen-bond donors (Lipinski definition) is 1. The zero-order valence-corrected chi connectivity index (χ0v) is 12.6. The zero-order chi connectivity index (χ0) is 13.5. The maximum Gasteiger partial charge on any atom is 0.0702 e. The van der Waals surface area contributed by atoms with Gasteiger partial charge in [-0.3, -0.25) is 4.90 Å². The smallest absolute Gasteiger partial charge is 0.0702 e. The molecule has 0 aliphatic carbocycles. The highest BCUT2D eigenvalue weighted by molar-refractivity contribution is 7.99. The van der Waals surface area contributed by atoms with E-state index in [-0.39, 0.29) is 6.10 Å². The number of allylic oxidation sites excluding steroid dienone is 1. The van der Waals surface area contributed by atoms with Crippen molar-refractivity contribution >= 4 is 11.8 Å². The summed E-state index contributed by atoms with van der Waals surface area (Å²) in [6.07, 6.45) is 7.39. The number of aliphatic hydroxyl groups is 1. The maximum atomic E-state index is 10.1. The van der Waals surface area contributed by atoms with E-state index in [0.717, 1.165) is 32.5 Å². The van der Waals surface area contributed by atoms with E-state index in [1.54, 1.807) is 0 Å². The van der Waals surface area contributed by atoms with E-state index in [4.69, 9.17) is 4.74 Å². The molecule has 2 fully saturated rings. The van der Waals surface area contributed by atoms with Crippen LogP contribution in [0.15, 0.2) is 12.7 Å². The van der Waals surface area contributed by atoms with Crippen molar-refractivity contribution in [2.75, 3.05) is 31.2 Å². The van der Waals surface area contributed by atoms with Gasteiger partial charge in [0.2, 0.25) is 0 Å². The van der Waals surface area contributed by atoms with Crippen LogP contribution in [0.4, 0.5) is 0 Å². The molecular formula is C15H27NO2S. The predicted octanol–water partition coefficient (Wildman–Crippen LogP) is 2.30. The Morgan fingerprint density at radius 3 is 3.00 bits per heavy atom. The van der Waals surface area contributed by atoms with Crippen LogP contribution in [0.5, 0.6) is 0 Å². The summed E-state index contributed by atoms with van der Waals surface area (Å²) in [6.45, 7) is 6.43. The van der Waals surface area contributed by atoms with Gasteiger partial charge in [0.15, 0.2) is 0 Å². The fourth-order valence-corrected chi connectivity index (χ4v) is 4.16. The highest BCUT2D eigenvalue weighted by atomic mass is 32.2. The number of ether oxygens (including phenoxy) is 1. The normalized spacial score (nSPS) is 28.9. The predicted molar refractivity (Wildman–Crippen MR) is 81.7 cm³/mol. The molecule has 0 bridgehead atoms. The molecule has 2 aliphatic rings. The highest BCUT2D eigenvalue weighted by Gasteiger charge is 2.28. The first-order valence-corrected chi connectivity index (χ1v) is 8.67. The van der Waals surface area contributed by atoms with Gasteiger partial charge in [0.05, 0.1) is 12.2 Å². The van der Waals surface area contributed by atoms with Gasteiger partial charge >= 0.3 is 0 Å². The number of hydrogen-bond acceptors (Lipinski definition) is 4. The van der Waals surface area contributed by atoms with Crippen LogP contribution in [0.3, 0.4) is 0 Å². The Bertz CT molecular complexity index is 263. The molecular weight excluding hydrogens is 258 g/mol. The largest absolute Gasteiger partial charge is 0.392 e. The van der Waals surface area contributed by atoms with Crippen LogP contribution in [0.25, 0.3) is 0 Å². The maximum absolute atomic E-state index is 10.1. The van der Waals surface area contributed by atoms with Crippen molar-refractivity contribution in [1.82, 2.24) is 4.90 Å². The van der Waals surface area contributed by atoms with Gasteiger partial charge < -0.3 is 9.84 Å². The SMILES string of the molecule is C=CCCC(O)CN(CC1CCCO1)C1CCSC1. The average molecular weight is 285 g/mol. The van der Waals surface area contributed by atoms with Gasteiger partial charge in [-0.1, -0.05) is 6.08 Å². The number of rotatable bonds is 8. The molecule has 3 unspecified atom stereocenters.